The number of carbonyl (C=O) groups excluding carboxylic acids is 1. The first-order valence-corrected chi connectivity index (χ1v) is 8.38. The quantitative estimate of drug-likeness (QED) is 0.714. The van der Waals surface area contributed by atoms with Crippen LogP contribution >= 0.6 is 0 Å². The lowest BCUT2D eigenvalue weighted by Crippen LogP contribution is -2.43. The first-order chi connectivity index (χ1) is 12.3. The first kappa shape index (κ1) is 15.4. The molecule has 7 heteroatoms. The molecule has 0 spiro atoms. The molecule has 0 saturated carbocycles. The van der Waals surface area contributed by atoms with Crippen LogP contribution in [-0.2, 0) is 4.79 Å². The summed E-state index contributed by atoms with van der Waals surface area (Å²) in [5.74, 6) is -0.142. The van der Waals surface area contributed by atoms with Crippen LogP contribution in [0.25, 0.3) is 21.9 Å². The van der Waals surface area contributed by atoms with E-state index < -0.39 is 0 Å². The topological polar surface area (TPSA) is 97.7 Å². The number of pyridine rings is 2. The molecule has 1 aliphatic rings. The number of fused-ring (bicyclic) bond motifs is 3. The average molecular weight is 334 g/mol. The third-order valence-corrected chi connectivity index (χ3v) is 4.74. The van der Waals surface area contributed by atoms with Gasteiger partial charge < -0.3 is 15.2 Å². The maximum Gasteiger partial charge on any atom is 0.225 e. The lowest BCUT2D eigenvalue weighted by molar-refractivity contribution is -0.125. The van der Waals surface area contributed by atoms with E-state index in [0.717, 1.165) is 47.0 Å². The maximum absolute atomic E-state index is 12.3. The number of hydrogen-bond donors (Lipinski definition) is 2. The fourth-order valence-electron chi connectivity index (χ4n) is 3.58. The highest BCUT2D eigenvalue weighted by Crippen LogP contribution is 2.33. The monoisotopic (exact) mass is 334 g/mol. The minimum absolute atomic E-state index is 0.0418. The Morgan fingerprint density at radius 1 is 1.44 bits per heavy atom. The van der Waals surface area contributed by atoms with Crippen molar-refractivity contribution in [1.29, 1.82) is 5.26 Å². The largest absolute Gasteiger partial charge is 0.370 e. The van der Waals surface area contributed by atoms with Gasteiger partial charge in [-0.3, -0.25) is 4.79 Å². The number of hydrogen-bond acceptors (Lipinski definition) is 5. The van der Waals surface area contributed by atoms with E-state index in [-0.39, 0.29) is 18.4 Å². The molecule has 1 atom stereocenters. The predicted octanol–water partition coefficient (Wildman–Crippen LogP) is 1.97. The molecule has 1 amide bonds. The third-order valence-electron chi connectivity index (χ3n) is 4.74. The van der Waals surface area contributed by atoms with Crippen LogP contribution in [0.15, 0.2) is 30.7 Å². The molecule has 4 rings (SSSR count). The Labute approximate surface area is 144 Å². The highest BCUT2D eigenvalue weighted by molar-refractivity contribution is 6.10. The molecule has 1 unspecified atom stereocenters. The van der Waals surface area contributed by atoms with Gasteiger partial charge in [0.05, 0.1) is 23.7 Å². The van der Waals surface area contributed by atoms with Crippen LogP contribution in [0.4, 0.5) is 5.69 Å². The zero-order chi connectivity index (χ0) is 17.2. The molecule has 0 radical (unpaired) electrons. The number of rotatable bonds is 3. The van der Waals surface area contributed by atoms with Gasteiger partial charge >= 0.3 is 0 Å². The van der Waals surface area contributed by atoms with Gasteiger partial charge in [0, 0.05) is 41.9 Å². The maximum atomic E-state index is 12.3. The Kier molecular flexibility index (Phi) is 3.94. The molecule has 1 aliphatic heterocycles. The molecule has 25 heavy (non-hydrogen) atoms. The van der Waals surface area contributed by atoms with Crippen LogP contribution in [0.2, 0.25) is 0 Å². The first-order valence-electron chi connectivity index (χ1n) is 8.38. The van der Waals surface area contributed by atoms with E-state index in [1.165, 1.54) is 0 Å². The number of nitrogens with one attached hydrogen (secondary N) is 2. The second kappa shape index (κ2) is 6.40. The highest BCUT2D eigenvalue weighted by atomic mass is 16.1. The standard InChI is InChI=1S/C18H18N6O/c19-5-8-22-18(25)12-2-1-9-24(11-12)15-4-7-20-14-10-23-17-13(16(14)15)3-6-21-17/h3-4,6-7,10,12,20H,1-2,8-9,11H2,(H,22,25). The lowest BCUT2D eigenvalue weighted by Gasteiger charge is -2.34. The van der Waals surface area contributed by atoms with Gasteiger partial charge in [0.1, 0.15) is 6.54 Å². The van der Waals surface area contributed by atoms with Crippen molar-refractivity contribution in [3.63, 3.8) is 0 Å². The van der Waals surface area contributed by atoms with Gasteiger partial charge in [-0.1, -0.05) is 0 Å². The summed E-state index contributed by atoms with van der Waals surface area (Å²) in [7, 11) is 0. The van der Waals surface area contributed by atoms with Crippen molar-refractivity contribution in [2.75, 3.05) is 24.5 Å². The normalized spacial score (nSPS) is 17.6. The summed E-state index contributed by atoms with van der Waals surface area (Å²) in [4.78, 5) is 26.4. The number of aromatic amines is 1. The van der Waals surface area contributed by atoms with Gasteiger partial charge in [-0.2, -0.15) is 5.26 Å². The van der Waals surface area contributed by atoms with Crippen molar-refractivity contribution >= 4 is 33.5 Å². The molecular weight excluding hydrogens is 316 g/mol. The van der Waals surface area contributed by atoms with Gasteiger partial charge in [-0.05, 0) is 25.0 Å². The number of aromatic nitrogens is 3. The van der Waals surface area contributed by atoms with E-state index in [9.17, 15) is 4.79 Å². The predicted molar refractivity (Wildman–Crippen MR) is 95.0 cm³/mol. The summed E-state index contributed by atoms with van der Waals surface area (Å²) in [5.41, 5.74) is 2.77. The second-order valence-electron chi connectivity index (χ2n) is 6.25. The van der Waals surface area contributed by atoms with Crippen molar-refractivity contribution < 1.29 is 4.79 Å². The number of anilines is 1. The minimum Gasteiger partial charge on any atom is -0.370 e. The van der Waals surface area contributed by atoms with Crippen molar-refractivity contribution in [1.82, 2.24) is 20.3 Å². The summed E-state index contributed by atoms with van der Waals surface area (Å²) >= 11 is 0. The van der Waals surface area contributed by atoms with Crippen LogP contribution in [0, 0.1) is 17.2 Å². The molecule has 3 aromatic rings. The number of nitrogens with zero attached hydrogens (tertiary/aromatic N) is 4. The molecule has 0 aromatic carbocycles. The summed E-state index contributed by atoms with van der Waals surface area (Å²) in [6.45, 7) is 1.61. The molecule has 0 bridgehead atoms. The summed E-state index contributed by atoms with van der Waals surface area (Å²) in [6, 6.07) is 5.98. The Morgan fingerprint density at radius 3 is 3.24 bits per heavy atom. The van der Waals surface area contributed by atoms with E-state index in [1.807, 2.05) is 24.4 Å². The van der Waals surface area contributed by atoms with E-state index in [4.69, 9.17) is 5.26 Å². The van der Waals surface area contributed by atoms with Gasteiger partial charge in [0.25, 0.3) is 0 Å². The highest BCUT2D eigenvalue weighted by Gasteiger charge is 2.27. The minimum atomic E-state index is -0.101. The Morgan fingerprint density at radius 2 is 2.36 bits per heavy atom. The fourth-order valence-corrected chi connectivity index (χ4v) is 3.58. The molecule has 3 aromatic heterocycles. The van der Waals surface area contributed by atoms with E-state index >= 15 is 0 Å². The van der Waals surface area contributed by atoms with Crippen molar-refractivity contribution in [3.05, 3.63) is 30.7 Å². The fraction of sp³-hybridized carbons (Fsp3) is 0.333. The summed E-state index contributed by atoms with van der Waals surface area (Å²) in [5, 5.41) is 13.4. The van der Waals surface area contributed by atoms with Gasteiger partial charge in [0.2, 0.25) is 5.91 Å². The molecular formula is C18H18N6O. The van der Waals surface area contributed by atoms with Crippen LogP contribution in [0.5, 0.6) is 0 Å². The molecule has 7 nitrogen and oxygen atoms in total. The number of H-pyrrole nitrogens is 1. The van der Waals surface area contributed by atoms with Crippen LogP contribution < -0.4 is 10.2 Å². The van der Waals surface area contributed by atoms with Crippen LogP contribution in [-0.4, -0.2) is 40.5 Å². The molecule has 1 saturated heterocycles. The molecule has 4 heterocycles. The van der Waals surface area contributed by atoms with Crippen molar-refractivity contribution in [3.8, 4) is 6.07 Å². The zero-order valence-electron chi connectivity index (χ0n) is 13.7. The molecule has 1 fully saturated rings. The Bertz CT molecular complexity index is 973. The van der Waals surface area contributed by atoms with Crippen molar-refractivity contribution in [2.45, 2.75) is 12.8 Å². The molecule has 0 aliphatic carbocycles. The van der Waals surface area contributed by atoms with E-state index in [2.05, 4.69) is 25.2 Å². The SMILES string of the molecule is N#CCNC(=O)C1CCCN(c2cc[nH]c3cnc4nccc4c23)C1. The molecule has 126 valence electrons. The van der Waals surface area contributed by atoms with E-state index in [0.29, 0.717) is 6.54 Å². The second-order valence-corrected chi connectivity index (χ2v) is 6.25. The van der Waals surface area contributed by atoms with Crippen LogP contribution in [0.1, 0.15) is 12.8 Å². The Balaban J connectivity index is 1.70. The Hall–Kier alpha value is -3.14. The number of piperidine rings is 1. The smallest absolute Gasteiger partial charge is 0.225 e. The summed E-state index contributed by atoms with van der Waals surface area (Å²) in [6.07, 6.45) is 7.26. The van der Waals surface area contributed by atoms with Gasteiger partial charge in [-0.25, -0.2) is 9.97 Å². The lowest BCUT2D eigenvalue weighted by atomic mass is 9.96. The summed E-state index contributed by atoms with van der Waals surface area (Å²) < 4.78 is 0. The van der Waals surface area contributed by atoms with Crippen LogP contribution in [0.3, 0.4) is 0 Å². The molecule has 2 N–H and O–H groups in total. The van der Waals surface area contributed by atoms with Crippen molar-refractivity contribution in [2.24, 2.45) is 5.92 Å². The zero-order valence-corrected chi connectivity index (χ0v) is 13.7. The van der Waals surface area contributed by atoms with E-state index in [1.54, 1.807) is 12.4 Å². The number of amides is 1. The number of carbonyl (C=O) groups is 1. The van der Waals surface area contributed by atoms with Gasteiger partial charge in [-0.15, -0.1) is 0 Å². The third kappa shape index (κ3) is 2.76. The number of nitriles is 1. The van der Waals surface area contributed by atoms with Gasteiger partial charge in [0.15, 0.2) is 5.65 Å². The average Bonchev–Trinajstić information content (AvgIpc) is 3.14.